The van der Waals surface area contributed by atoms with Gasteiger partial charge in [0.05, 0.1) is 22.3 Å². The van der Waals surface area contributed by atoms with E-state index in [9.17, 15) is 26.2 Å². The zero-order chi connectivity index (χ0) is 45.9. The van der Waals surface area contributed by atoms with Crippen LogP contribution < -0.4 is 10.2 Å². The molecule has 15 heteroatoms. The van der Waals surface area contributed by atoms with E-state index < -0.39 is 25.6 Å². The molecule has 2 aliphatic heterocycles. The molecule has 0 bridgehead atoms. The predicted molar refractivity (Wildman–Crippen MR) is 255 cm³/mol. The van der Waals surface area contributed by atoms with Gasteiger partial charge in [0.15, 0.2) is 5.71 Å². The Kier molecular flexibility index (Phi) is 13.8. The second kappa shape index (κ2) is 18.9. The van der Waals surface area contributed by atoms with Gasteiger partial charge < -0.3 is 10.2 Å². The molecule has 0 unspecified atom stereocenters. The van der Waals surface area contributed by atoms with Crippen LogP contribution in [0.5, 0.6) is 0 Å². The number of carbonyl (C=O) groups excluding carboxylic acids is 1. The van der Waals surface area contributed by atoms with Crippen molar-refractivity contribution in [1.82, 2.24) is 24.6 Å². The lowest BCUT2D eigenvalue weighted by molar-refractivity contribution is -0.437. The van der Waals surface area contributed by atoms with E-state index in [2.05, 4.69) is 96.1 Å². The van der Waals surface area contributed by atoms with Gasteiger partial charge in [0, 0.05) is 92.2 Å². The average Bonchev–Trinajstić information content (AvgIpc) is 3.91. The number of aryl methyl sites for hydroxylation is 1. The SMILES string of the molecule is CCC[N+]1=C(/C=C/C=C/C=C2/N(CCCS(=O)(=O)O)c3ccc4ccccc4c3C2(C)C)C(C)(C)c2c1ccc1c(S(=O)(=O)N(C)CCCC(=O)NCCCn3ccnn3)cccc21. The van der Waals surface area contributed by atoms with E-state index in [1.54, 1.807) is 30.2 Å². The topological polar surface area (TPSA) is 158 Å². The molecule has 0 saturated heterocycles. The number of hydrogen-bond donors (Lipinski definition) is 2. The van der Waals surface area contributed by atoms with Crippen LogP contribution in [0.25, 0.3) is 21.5 Å². The number of benzene rings is 4. The summed E-state index contributed by atoms with van der Waals surface area (Å²) in [6.45, 7) is 13.5. The minimum absolute atomic E-state index is 0.117. The summed E-state index contributed by atoms with van der Waals surface area (Å²) in [6.07, 6.45) is 16.2. The van der Waals surface area contributed by atoms with Gasteiger partial charge in [-0.15, -0.1) is 5.10 Å². The van der Waals surface area contributed by atoms with E-state index >= 15 is 0 Å². The minimum atomic E-state index is -4.10. The van der Waals surface area contributed by atoms with Crippen LogP contribution in [0, 0.1) is 0 Å². The fraction of sp³-hybridized carbons (Fsp3) is 0.388. The highest BCUT2D eigenvalue weighted by atomic mass is 32.2. The lowest BCUT2D eigenvalue weighted by Gasteiger charge is -2.27. The third-order valence-corrected chi connectivity index (χ3v) is 15.2. The fourth-order valence-electron chi connectivity index (χ4n) is 9.48. The van der Waals surface area contributed by atoms with Crippen molar-refractivity contribution in [3.05, 3.63) is 126 Å². The van der Waals surface area contributed by atoms with E-state index in [4.69, 9.17) is 0 Å². The van der Waals surface area contributed by atoms with E-state index in [0.717, 1.165) is 57.5 Å². The number of nitrogens with one attached hydrogen (secondary N) is 1. The second-order valence-corrected chi connectivity index (χ2v) is 21.3. The standard InChI is InChI=1S/C49H59N7O6S2/c1-7-30-55-41-27-25-38-39(19-13-20-42(38)64(61,62)53(6)31-14-23-45(57)50-28-15-32-54-34-29-51-52-54)47(41)49(4,5)43(55)21-9-8-10-22-44-48(2,3)46-37-18-12-11-17-36(37)24-26-40(46)56(44)33-16-35-63(58,59)60/h8-13,17-22,24-27,29,34H,7,14-16,23,28,30-33,35H2,1-6H3,(H-,50,57,58,59,60)/p+1. The van der Waals surface area contributed by atoms with Crippen molar-refractivity contribution in [3.63, 3.8) is 0 Å². The third-order valence-electron chi connectivity index (χ3n) is 12.5. The molecule has 3 heterocycles. The summed E-state index contributed by atoms with van der Waals surface area (Å²) in [6, 6.07) is 22.0. The number of fused-ring (bicyclic) bond motifs is 6. The smallest absolute Gasteiger partial charge is 0.264 e. The molecular formula is C49H60N7O6S2+. The first-order chi connectivity index (χ1) is 30.5. The van der Waals surface area contributed by atoms with Gasteiger partial charge in [-0.3, -0.25) is 14.0 Å². The lowest BCUT2D eigenvalue weighted by atomic mass is 9.79. The number of amides is 1. The van der Waals surface area contributed by atoms with E-state index in [1.165, 1.54) is 9.87 Å². The quantitative estimate of drug-likeness (QED) is 0.0362. The van der Waals surface area contributed by atoms with Gasteiger partial charge in [0.2, 0.25) is 21.6 Å². The van der Waals surface area contributed by atoms with E-state index in [0.29, 0.717) is 37.9 Å². The van der Waals surface area contributed by atoms with Crippen LogP contribution in [0.2, 0.25) is 0 Å². The van der Waals surface area contributed by atoms with Crippen LogP contribution in [-0.4, -0.2) is 95.9 Å². The maximum absolute atomic E-state index is 14.1. The van der Waals surface area contributed by atoms with Crippen molar-refractivity contribution >= 4 is 64.7 Å². The highest BCUT2D eigenvalue weighted by Crippen LogP contribution is 2.51. The molecule has 1 aromatic heterocycles. The number of sulfonamides is 1. The monoisotopic (exact) mass is 906 g/mol. The molecule has 2 N–H and O–H groups in total. The Morgan fingerprint density at radius 1 is 0.859 bits per heavy atom. The van der Waals surface area contributed by atoms with E-state index in [-0.39, 0.29) is 41.4 Å². The summed E-state index contributed by atoms with van der Waals surface area (Å²) in [4.78, 5) is 14.9. The van der Waals surface area contributed by atoms with Gasteiger partial charge in [-0.1, -0.05) is 86.7 Å². The molecule has 64 heavy (non-hydrogen) atoms. The van der Waals surface area contributed by atoms with Gasteiger partial charge in [-0.2, -0.15) is 13.0 Å². The number of carbonyl (C=O) groups is 1. The Morgan fingerprint density at radius 2 is 1.64 bits per heavy atom. The molecule has 0 fully saturated rings. The molecular weight excluding hydrogens is 847 g/mol. The van der Waals surface area contributed by atoms with Gasteiger partial charge in [-0.05, 0) is 79.1 Å². The molecule has 338 valence electrons. The summed E-state index contributed by atoms with van der Waals surface area (Å²) in [5.74, 6) is -0.434. The predicted octanol–water partition coefficient (Wildman–Crippen LogP) is 8.05. The summed E-state index contributed by atoms with van der Waals surface area (Å²) in [5.41, 5.74) is 5.63. The molecule has 0 radical (unpaired) electrons. The van der Waals surface area contributed by atoms with Crippen molar-refractivity contribution in [2.45, 2.75) is 89.0 Å². The molecule has 0 spiro atoms. The van der Waals surface area contributed by atoms with Crippen LogP contribution in [0.1, 0.15) is 77.8 Å². The Morgan fingerprint density at radius 3 is 2.39 bits per heavy atom. The number of rotatable bonds is 19. The van der Waals surface area contributed by atoms with Crippen LogP contribution >= 0.6 is 0 Å². The summed E-state index contributed by atoms with van der Waals surface area (Å²) >= 11 is 0. The summed E-state index contributed by atoms with van der Waals surface area (Å²) in [7, 11) is -6.42. The minimum Gasteiger partial charge on any atom is -0.356 e. The number of allylic oxidation sites excluding steroid dienone is 6. The molecule has 0 aliphatic carbocycles. The Balaban J connectivity index is 1.10. The normalized spacial score (nSPS) is 16.6. The van der Waals surface area contributed by atoms with Crippen molar-refractivity contribution in [2.75, 3.05) is 43.9 Å². The average molecular weight is 907 g/mol. The molecule has 5 aromatic rings. The summed E-state index contributed by atoms with van der Waals surface area (Å²) in [5, 5.41) is 14.5. The molecule has 0 atom stereocenters. The molecule has 4 aromatic carbocycles. The first kappa shape index (κ1) is 46.5. The van der Waals surface area contributed by atoms with Gasteiger partial charge in [0.25, 0.3) is 10.1 Å². The van der Waals surface area contributed by atoms with Gasteiger partial charge in [-0.25, -0.2) is 12.7 Å². The van der Waals surface area contributed by atoms with Gasteiger partial charge in [0.1, 0.15) is 6.54 Å². The fourth-order valence-corrected chi connectivity index (χ4v) is 11.4. The number of anilines is 1. The van der Waals surface area contributed by atoms with Crippen LogP contribution in [0.3, 0.4) is 0 Å². The molecule has 13 nitrogen and oxygen atoms in total. The largest absolute Gasteiger partial charge is 0.356 e. The summed E-state index contributed by atoms with van der Waals surface area (Å²) < 4.78 is 66.5. The second-order valence-electron chi connectivity index (χ2n) is 17.7. The molecule has 0 saturated carbocycles. The van der Waals surface area contributed by atoms with E-state index in [1.807, 2.05) is 54.6 Å². The Hall–Kier alpha value is -5.48. The first-order valence-corrected chi connectivity index (χ1v) is 25.1. The van der Waals surface area contributed by atoms with Crippen LogP contribution in [0.15, 0.2) is 120 Å². The zero-order valence-electron chi connectivity index (χ0n) is 37.7. The van der Waals surface area contributed by atoms with Crippen molar-refractivity contribution in [2.24, 2.45) is 0 Å². The maximum Gasteiger partial charge on any atom is 0.264 e. The van der Waals surface area contributed by atoms with Crippen molar-refractivity contribution < 1.29 is 30.8 Å². The van der Waals surface area contributed by atoms with Crippen LogP contribution in [0.4, 0.5) is 11.4 Å². The number of aromatic nitrogens is 3. The maximum atomic E-state index is 14.1. The highest BCUT2D eigenvalue weighted by Gasteiger charge is 2.46. The molecule has 7 rings (SSSR count). The Labute approximate surface area is 377 Å². The highest BCUT2D eigenvalue weighted by molar-refractivity contribution is 7.89. The number of nitrogens with zero attached hydrogens (tertiary/aromatic N) is 6. The first-order valence-electron chi connectivity index (χ1n) is 22.1. The Bertz CT molecular complexity index is 2900. The zero-order valence-corrected chi connectivity index (χ0v) is 39.3. The van der Waals surface area contributed by atoms with Crippen LogP contribution in [-0.2, 0) is 42.3 Å². The van der Waals surface area contributed by atoms with Gasteiger partial charge >= 0.3 is 0 Å². The lowest BCUT2D eigenvalue weighted by Crippen LogP contribution is -2.30. The van der Waals surface area contributed by atoms with Crippen molar-refractivity contribution in [1.29, 1.82) is 0 Å². The molecule has 1 amide bonds. The van der Waals surface area contributed by atoms with Crippen molar-refractivity contribution in [3.8, 4) is 0 Å². The number of hydrogen-bond acceptors (Lipinski definition) is 8. The molecule has 2 aliphatic rings. The third kappa shape index (κ3) is 9.49.